The molecule has 0 aromatic carbocycles. The van der Waals surface area contributed by atoms with Gasteiger partial charge in [-0.1, -0.05) is 12.2 Å². The van der Waals surface area contributed by atoms with E-state index in [1.807, 2.05) is 0 Å². The van der Waals surface area contributed by atoms with Crippen LogP contribution in [0.5, 0.6) is 0 Å². The van der Waals surface area contributed by atoms with Crippen molar-refractivity contribution in [2.45, 2.75) is 6.42 Å². The van der Waals surface area contributed by atoms with Gasteiger partial charge < -0.3 is 0 Å². The first-order chi connectivity index (χ1) is 2.91. The Morgan fingerprint density at radius 1 is 1.50 bits per heavy atom. The van der Waals surface area contributed by atoms with Crippen LogP contribution in [0.1, 0.15) is 6.42 Å². The largest absolute Gasteiger partial charge is 0.232 e. The Balaban J connectivity index is 2.73. The highest BCUT2D eigenvalue weighted by Crippen LogP contribution is 1.74. The van der Waals surface area contributed by atoms with Crippen LogP contribution < -0.4 is 0 Å². The molecule has 0 aliphatic heterocycles. The summed E-state index contributed by atoms with van der Waals surface area (Å²) in [6, 6.07) is 0. The highest BCUT2D eigenvalue weighted by atomic mass is 16.2. The maximum Gasteiger partial charge on any atom is 0.100 e. The molecule has 0 unspecified atom stereocenters. The second-order valence-electron chi connectivity index (χ2n) is 0.927. The van der Waals surface area contributed by atoms with Crippen molar-refractivity contribution >= 4 is 0 Å². The molecule has 0 saturated heterocycles. The van der Waals surface area contributed by atoms with Gasteiger partial charge in [0.15, 0.2) is 0 Å². The van der Waals surface area contributed by atoms with Gasteiger partial charge >= 0.3 is 0 Å². The van der Waals surface area contributed by atoms with E-state index in [1.165, 1.54) is 0 Å². The SMILES string of the molecule is [CH2]CC=CC[O]. The fraction of sp³-hybridized carbons (Fsp3) is 0.400. The lowest BCUT2D eigenvalue weighted by Crippen LogP contribution is -1.64. The molecule has 0 spiro atoms. The molecule has 0 heterocycles. The van der Waals surface area contributed by atoms with Crippen LogP contribution in [0.3, 0.4) is 0 Å². The second kappa shape index (κ2) is 4.70. The second-order valence-corrected chi connectivity index (χ2v) is 0.927. The average molecular weight is 84.1 g/mol. The third-order valence-electron chi connectivity index (χ3n) is 0.430. The lowest BCUT2D eigenvalue weighted by molar-refractivity contribution is 0.232. The van der Waals surface area contributed by atoms with Crippen LogP contribution in [0, 0.1) is 6.92 Å². The minimum atomic E-state index is -0.116. The van der Waals surface area contributed by atoms with E-state index in [0.29, 0.717) is 0 Å². The number of allylic oxidation sites excluding steroid dienone is 1. The van der Waals surface area contributed by atoms with Gasteiger partial charge in [-0.25, -0.2) is 5.11 Å². The van der Waals surface area contributed by atoms with Crippen LogP contribution >= 0.6 is 0 Å². The standard InChI is InChI=1S/C5H8O/c1-2-3-4-5-6/h3-4H,1-2,5H2. The van der Waals surface area contributed by atoms with Crippen molar-refractivity contribution in [3.8, 4) is 0 Å². The Kier molecular flexibility index (Phi) is 4.46. The molecule has 6 heavy (non-hydrogen) atoms. The molecule has 1 nitrogen and oxygen atoms in total. The predicted molar refractivity (Wildman–Crippen MR) is 24.7 cm³/mol. The van der Waals surface area contributed by atoms with Gasteiger partial charge in [0.25, 0.3) is 0 Å². The summed E-state index contributed by atoms with van der Waals surface area (Å²) < 4.78 is 0. The molecule has 0 aliphatic rings. The van der Waals surface area contributed by atoms with Crippen molar-refractivity contribution in [3.63, 3.8) is 0 Å². The van der Waals surface area contributed by atoms with Gasteiger partial charge in [-0.05, 0) is 13.3 Å². The minimum Gasteiger partial charge on any atom is -0.232 e. The molecule has 0 saturated carbocycles. The fourth-order valence-electron chi connectivity index (χ4n) is 0.186. The lowest BCUT2D eigenvalue weighted by atomic mass is 10.4. The van der Waals surface area contributed by atoms with Gasteiger partial charge in [0, 0.05) is 0 Å². The number of hydrogen-bond acceptors (Lipinski definition) is 0. The first kappa shape index (κ1) is 5.70. The van der Waals surface area contributed by atoms with Crippen LogP contribution in [0.25, 0.3) is 0 Å². The van der Waals surface area contributed by atoms with Gasteiger partial charge in [0.2, 0.25) is 0 Å². The summed E-state index contributed by atoms with van der Waals surface area (Å²) in [4.78, 5) is 0. The van der Waals surface area contributed by atoms with E-state index in [1.54, 1.807) is 12.2 Å². The molecular formula is C5H8O. The molecule has 0 fully saturated rings. The maximum atomic E-state index is 9.57. The molecule has 0 aliphatic carbocycles. The van der Waals surface area contributed by atoms with Crippen LogP contribution in [-0.2, 0) is 5.11 Å². The van der Waals surface area contributed by atoms with Crippen molar-refractivity contribution in [2.24, 2.45) is 0 Å². The molecule has 0 rings (SSSR count). The van der Waals surface area contributed by atoms with Crippen LogP contribution in [0.2, 0.25) is 0 Å². The third-order valence-corrected chi connectivity index (χ3v) is 0.430. The van der Waals surface area contributed by atoms with Crippen LogP contribution in [-0.4, -0.2) is 6.61 Å². The van der Waals surface area contributed by atoms with Crippen LogP contribution in [0.15, 0.2) is 12.2 Å². The highest BCUT2D eigenvalue weighted by molar-refractivity contribution is 4.80. The molecule has 0 bridgehead atoms. The van der Waals surface area contributed by atoms with Crippen molar-refractivity contribution in [1.29, 1.82) is 0 Å². The van der Waals surface area contributed by atoms with E-state index < -0.39 is 0 Å². The van der Waals surface area contributed by atoms with Crippen molar-refractivity contribution in [3.05, 3.63) is 19.1 Å². The van der Waals surface area contributed by atoms with Gasteiger partial charge in [-0.2, -0.15) is 0 Å². The molecule has 0 aromatic rings. The molecular weight excluding hydrogens is 76.1 g/mol. The molecule has 34 valence electrons. The van der Waals surface area contributed by atoms with E-state index in [4.69, 9.17) is 0 Å². The molecule has 0 N–H and O–H groups in total. The quantitative estimate of drug-likeness (QED) is 0.448. The number of rotatable bonds is 2. The van der Waals surface area contributed by atoms with Gasteiger partial charge in [0.1, 0.15) is 6.61 Å². The van der Waals surface area contributed by atoms with E-state index in [0.717, 1.165) is 6.42 Å². The molecule has 0 amide bonds. The zero-order valence-electron chi connectivity index (χ0n) is 3.68. The summed E-state index contributed by atoms with van der Waals surface area (Å²) in [5.41, 5.74) is 0. The summed E-state index contributed by atoms with van der Waals surface area (Å²) in [6.07, 6.45) is 4.04. The first-order valence-electron chi connectivity index (χ1n) is 1.94. The summed E-state index contributed by atoms with van der Waals surface area (Å²) in [5, 5.41) is 9.57. The van der Waals surface area contributed by atoms with E-state index in [-0.39, 0.29) is 6.61 Å². The molecule has 0 aromatic heterocycles. The topological polar surface area (TPSA) is 19.9 Å². The van der Waals surface area contributed by atoms with Crippen molar-refractivity contribution in [2.75, 3.05) is 6.61 Å². The normalized spacial score (nSPS) is 10.3. The highest BCUT2D eigenvalue weighted by Gasteiger charge is 1.62. The number of hydrogen-bond donors (Lipinski definition) is 0. The Morgan fingerprint density at radius 3 is 2.33 bits per heavy atom. The summed E-state index contributed by atoms with van der Waals surface area (Å²) in [6.45, 7) is 3.38. The summed E-state index contributed by atoms with van der Waals surface area (Å²) in [5.74, 6) is 0. The van der Waals surface area contributed by atoms with Gasteiger partial charge in [-0.3, -0.25) is 0 Å². The van der Waals surface area contributed by atoms with Gasteiger partial charge in [-0.15, -0.1) is 0 Å². The van der Waals surface area contributed by atoms with Crippen molar-refractivity contribution < 1.29 is 5.11 Å². The maximum absolute atomic E-state index is 9.57. The van der Waals surface area contributed by atoms with E-state index >= 15 is 0 Å². The lowest BCUT2D eigenvalue weighted by Gasteiger charge is -1.70. The molecule has 2 radical (unpaired) electrons. The Hall–Kier alpha value is -0.300. The Morgan fingerprint density at radius 2 is 2.17 bits per heavy atom. The predicted octanol–water partition coefficient (Wildman–Crippen LogP) is 1.20. The average Bonchev–Trinajstić information content (AvgIpc) is 1.61. The summed E-state index contributed by atoms with van der Waals surface area (Å²) in [7, 11) is 0. The third kappa shape index (κ3) is 3.70. The zero-order valence-corrected chi connectivity index (χ0v) is 3.68. The first-order valence-corrected chi connectivity index (χ1v) is 1.94. The molecule has 0 atom stereocenters. The van der Waals surface area contributed by atoms with E-state index in [2.05, 4.69) is 6.92 Å². The monoisotopic (exact) mass is 84.1 g/mol. The molecule has 1 heteroatoms. The van der Waals surface area contributed by atoms with Gasteiger partial charge in [0.05, 0.1) is 0 Å². The Bertz CT molecular complexity index is 33.2. The Labute approximate surface area is 38.3 Å². The van der Waals surface area contributed by atoms with E-state index in [9.17, 15) is 5.11 Å². The van der Waals surface area contributed by atoms with Crippen molar-refractivity contribution in [1.82, 2.24) is 0 Å². The zero-order chi connectivity index (χ0) is 4.83. The summed E-state index contributed by atoms with van der Waals surface area (Å²) >= 11 is 0. The smallest absolute Gasteiger partial charge is 0.100 e. The fourth-order valence-corrected chi connectivity index (χ4v) is 0.186. The van der Waals surface area contributed by atoms with Crippen LogP contribution in [0.4, 0.5) is 0 Å². The minimum absolute atomic E-state index is 0.116.